The monoisotopic (exact) mass is 232 g/mol. The molecule has 1 aromatic rings. The average molecular weight is 233 g/mol. The van der Waals surface area contributed by atoms with Gasteiger partial charge in [0.05, 0.1) is 0 Å². The molecule has 0 radical (unpaired) electrons. The zero-order valence-corrected chi connectivity index (χ0v) is 8.38. The molecule has 0 unspecified atom stereocenters. The molecule has 0 atom stereocenters. The van der Waals surface area contributed by atoms with Crippen LogP contribution in [0.4, 0.5) is 5.95 Å². The van der Waals surface area contributed by atoms with Gasteiger partial charge in [0.2, 0.25) is 11.9 Å². The number of anilines is 1. The van der Waals surface area contributed by atoms with Crippen LogP contribution < -0.4 is 11.5 Å². The SMILES string of the molecule is NC(=O)C=Cc1c(Cl)nc(N)nc1Cl. The largest absolute Gasteiger partial charge is 0.368 e. The average Bonchev–Trinajstić information content (AvgIpc) is 2.01. The lowest BCUT2D eigenvalue weighted by Gasteiger charge is -2.00. The van der Waals surface area contributed by atoms with E-state index in [1.54, 1.807) is 0 Å². The quantitative estimate of drug-likeness (QED) is 0.585. The van der Waals surface area contributed by atoms with E-state index >= 15 is 0 Å². The van der Waals surface area contributed by atoms with E-state index in [0.717, 1.165) is 6.08 Å². The van der Waals surface area contributed by atoms with Gasteiger partial charge in [-0.1, -0.05) is 23.2 Å². The Kier molecular flexibility index (Phi) is 3.27. The minimum absolute atomic E-state index is 0.0313. The van der Waals surface area contributed by atoms with Crippen molar-refractivity contribution in [1.82, 2.24) is 9.97 Å². The number of hydrogen-bond donors (Lipinski definition) is 2. The smallest absolute Gasteiger partial charge is 0.241 e. The minimum atomic E-state index is -0.617. The van der Waals surface area contributed by atoms with Crippen molar-refractivity contribution >= 4 is 41.1 Å². The maximum absolute atomic E-state index is 10.4. The number of rotatable bonds is 2. The lowest BCUT2D eigenvalue weighted by Crippen LogP contribution is -2.05. The van der Waals surface area contributed by atoms with Crippen molar-refractivity contribution in [2.75, 3.05) is 5.73 Å². The molecule has 5 nitrogen and oxygen atoms in total. The van der Waals surface area contributed by atoms with Crippen LogP contribution in [0.25, 0.3) is 6.08 Å². The number of halogens is 2. The topological polar surface area (TPSA) is 94.9 Å². The van der Waals surface area contributed by atoms with Crippen molar-refractivity contribution in [2.24, 2.45) is 5.73 Å². The number of carbonyl (C=O) groups is 1. The maximum atomic E-state index is 10.4. The first-order valence-electron chi connectivity index (χ1n) is 3.46. The molecular weight excluding hydrogens is 227 g/mol. The fourth-order valence-electron chi connectivity index (χ4n) is 0.735. The second kappa shape index (κ2) is 4.26. The van der Waals surface area contributed by atoms with Crippen molar-refractivity contribution in [3.8, 4) is 0 Å². The van der Waals surface area contributed by atoms with Gasteiger partial charge < -0.3 is 11.5 Å². The third-order valence-corrected chi connectivity index (χ3v) is 1.86. The van der Waals surface area contributed by atoms with Crippen LogP contribution in [0.5, 0.6) is 0 Å². The number of hydrogen-bond acceptors (Lipinski definition) is 4. The third kappa shape index (κ3) is 2.58. The molecule has 0 saturated carbocycles. The fraction of sp³-hybridized carbons (Fsp3) is 0. The molecule has 14 heavy (non-hydrogen) atoms. The first-order valence-corrected chi connectivity index (χ1v) is 4.22. The molecule has 0 aromatic carbocycles. The summed E-state index contributed by atoms with van der Waals surface area (Å²) in [6.07, 6.45) is 2.43. The Bertz CT molecular complexity index is 382. The third-order valence-electron chi connectivity index (χ3n) is 1.28. The van der Waals surface area contributed by atoms with Crippen LogP contribution in [0, 0.1) is 0 Å². The summed E-state index contributed by atoms with van der Waals surface area (Å²) in [6.45, 7) is 0. The predicted octanol–water partition coefficient (Wildman–Crippen LogP) is 0.864. The van der Waals surface area contributed by atoms with Gasteiger partial charge in [-0.15, -0.1) is 0 Å². The molecular formula is C7H6Cl2N4O. The summed E-state index contributed by atoms with van der Waals surface area (Å²) in [6, 6.07) is 0. The highest BCUT2D eigenvalue weighted by Gasteiger charge is 2.07. The molecule has 7 heteroatoms. The molecule has 1 heterocycles. The van der Waals surface area contributed by atoms with Crippen molar-refractivity contribution in [3.05, 3.63) is 21.9 Å². The standard InChI is InChI=1S/C7H6Cl2N4O/c8-5-3(1-2-4(10)14)6(9)13-7(11)12-5/h1-2H,(H2,10,14)(H2,11,12,13). The van der Waals surface area contributed by atoms with Crippen LogP contribution >= 0.6 is 23.2 Å². The number of amides is 1. The van der Waals surface area contributed by atoms with E-state index in [2.05, 4.69) is 9.97 Å². The Hall–Kier alpha value is -1.33. The second-order valence-electron chi connectivity index (χ2n) is 2.31. The van der Waals surface area contributed by atoms with E-state index in [0.29, 0.717) is 5.56 Å². The van der Waals surface area contributed by atoms with Gasteiger partial charge in [0, 0.05) is 11.6 Å². The van der Waals surface area contributed by atoms with Gasteiger partial charge >= 0.3 is 0 Å². The number of primary amides is 1. The van der Waals surface area contributed by atoms with Crippen LogP contribution in [0.15, 0.2) is 6.08 Å². The highest BCUT2D eigenvalue weighted by Crippen LogP contribution is 2.22. The summed E-state index contributed by atoms with van der Waals surface area (Å²) in [5, 5.41) is 0.139. The van der Waals surface area contributed by atoms with Gasteiger partial charge in [-0.05, 0) is 6.08 Å². The van der Waals surface area contributed by atoms with E-state index < -0.39 is 5.91 Å². The molecule has 1 rings (SSSR count). The summed E-state index contributed by atoms with van der Waals surface area (Å²) >= 11 is 11.4. The number of nitrogens with zero attached hydrogens (tertiary/aromatic N) is 2. The molecule has 0 spiro atoms. The van der Waals surface area contributed by atoms with Crippen molar-refractivity contribution in [3.63, 3.8) is 0 Å². The fourth-order valence-corrected chi connectivity index (χ4v) is 1.26. The van der Waals surface area contributed by atoms with Crippen LogP contribution in [0.3, 0.4) is 0 Å². The van der Waals surface area contributed by atoms with E-state index in [1.165, 1.54) is 6.08 Å². The zero-order valence-electron chi connectivity index (χ0n) is 6.87. The number of nitrogens with two attached hydrogens (primary N) is 2. The van der Waals surface area contributed by atoms with Crippen LogP contribution in [0.1, 0.15) is 5.56 Å². The molecule has 0 aliphatic heterocycles. The number of aromatic nitrogens is 2. The van der Waals surface area contributed by atoms with Crippen LogP contribution in [0.2, 0.25) is 10.3 Å². The zero-order chi connectivity index (χ0) is 10.7. The molecule has 0 bridgehead atoms. The first kappa shape index (κ1) is 10.7. The van der Waals surface area contributed by atoms with Gasteiger partial charge in [-0.3, -0.25) is 4.79 Å². The maximum Gasteiger partial charge on any atom is 0.241 e. The molecule has 0 fully saturated rings. The number of carbonyl (C=O) groups excluding carboxylic acids is 1. The lowest BCUT2D eigenvalue weighted by molar-refractivity contribution is -0.113. The van der Waals surface area contributed by atoms with Crippen molar-refractivity contribution in [1.29, 1.82) is 0 Å². The normalized spacial score (nSPS) is 10.7. The number of nitrogen functional groups attached to an aromatic ring is 1. The summed E-state index contributed by atoms with van der Waals surface area (Å²) in [4.78, 5) is 17.8. The van der Waals surface area contributed by atoms with Crippen LogP contribution in [-0.2, 0) is 4.79 Å². The summed E-state index contributed by atoms with van der Waals surface area (Å²) in [5.74, 6) is -0.648. The molecule has 0 aliphatic carbocycles. The van der Waals surface area contributed by atoms with E-state index in [-0.39, 0.29) is 16.3 Å². The first-order chi connectivity index (χ1) is 6.50. The molecule has 74 valence electrons. The molecule has 0 saturated heterocycles. The van der Waals surface area contributed by atoms with Crippen molar-refractivity contribution < 1.29 is 4.79 Å². The Balaban J connectivity index is 3.15. The molecule has 4 N–H and O–H groups in total. The van der Waals surface area contributed by atoms with Gasteiger partial charge in [-0.2, -0.15) is 0 Å². The Morgan fingerprint density at radius 3 is 2.21 bits per heavy atom. The summed E-state index contributed by atoms with van der Waals surface area (Å²) in [7, 11) is 0. The Morgan fingerprint density at radius 1 is 1.29 bits per heavy atom. The molecule has 0 aliphatic rings. The lowest BCUT2D eigenvalue weighted by atomic mass is 10.3. The summed E-state index contributed by atoms with van der Waals surface area (Å²) < 4.78 is 0. The van der Waals surface area contributed by atoms with E-state index in [4.69, 9.17) is 34.7 Å². The van der Waals surface area contributed by atoms with Crippen molar-refractivity contribution in [2.45, 2.75) is 0 Å². The summed E-state index contributed by atoms with van der Waals surface area (Å²) in [5.41, 5.74) is 10.5. The Labute approximate surface area is 89.7 Å². The minimum Gasteiger partial charge on any atom is -0.368 e. The van der Waals surface area contributed by atoms with Crippen LogP contribution in [-0.4, -0.2) is 15.9 Å². The Morgan fingerprint density at radius 2 is 1.79 bits per heavy atom. The second-order valence-corrected chi connectivity index (χ2v) is 3.03. The van der Waals surface area contributed by atoms with Gasteiger partial charge in [0.15, 0.2) is 0 Å². The predicted molar refractivity (Wildman–Crippen MR) is 54.7 cm³/mol. The highest BCUT2D eigenvalue weighted by molar-refractivity contribution is 6.35. The molecule has 1 amide bonds. The van der Waals surface area contributed by atoms with Gasteiger partial charge in [0.25, 0.3) is 0 Å². The van der Waals surface area contributed by atoms with Gasteiger partial charge in [0.1, 0.15) is 10.3 Å². The molecule has 1 aromatic heterocycles. The van der Waals surface area contributed by atoms with Gasteiger partial charge in [-0.25, -0.2) is 9.97 Å². The van der Waals surface area contributed by atoms with E-state index in [1.807, 2.05) is 0 Å². The highest BCUT2D eigenvalue weighted by atomic mass is 35.5. The van der Waals surface area contributed by atoms with E-state index in [9.17, 15) is 4.79 Å².